The van der Waals surface area contributed by atoms with E-state index in [9.17, 15) is 9.59 Å². The van der Waals surface area contributed by atoms with Crippen LogP contribution in [-0.2, 0) is 9.59 Å². The average molecular weight is 300 g/mol. The summed E-state index contributed by atoms with van der Waals surface area (Å²) in [5.74, 6) is -1.46. The number of carbonyl (C=O) groups is 2. The Balaban J connectivity index is 2.61. The second-order valence-corrected chi connectivity index (χ2v) is 5.45. The molecule has 1 rings (SSSR count). The van der Waals surface area contributed by atoms with Gasteiger partial charge in [-0.05, 0) is 38.1 Å². The van der Waals surface area contributed by atoms with Gasteiger partial charge in [-0.1, -0.05) is 18.5 Å². The molecule has 1 amide bonds. The Hall–Kier alpha value is -1.75. The van der Waals surface area contributed by atoms with Crippen LogP contribution < -0.4 is 10.1 Å². The van der Waals surface area contributed by atoms with Crippen LogP contribution in [0.25, 0.3) is 0 Å². The van der Waals surface area contributed by atoms with Crippen molar-refractivity contribution in [2.45, 2.75) is 26.4 Å². The molecule has 1 atom stereocenters. The van der Waals surface area contributed by atoms with Gasteiger partial charge in [0.2, 0.25) is 0 Å². The lowest BCUT2D eigenvalue weighted by Crippen LogP contribution is -2.48. The molecule has 0 aromatic heterocycles. The molecule has 0 fully saturated rings. The molecule has 0 aliphatic rings. The van der Waals surface area contributed by atoms with Crippen LogP contribution in [0.4, 0.5) is 0 Å². The molecule has 0 saturated carbocycles. The van der Waals surface area contributed by atoms with E-state index in [1.165, 1.54) is 6.92 Å². The molecule has 1 aromatic rings. The monoisotopic (exact) mass is 299 g/mol. The van der Waals surface area contributed by atoms with E-state index < -0.39 is 17.5 Å². The van der Waals surface area contributed by atoms with Crippen molar-refractivity contribution >= 4 is 23.5 Å². The molecule has 0 bridgehead atoms. The van der Waals surface area contributed by atoms with Crippen LogP contribution in [0.15, 0.2) is 24.3 Å². The van der Waals surface area contributed by atoms with E-state index in [1.807, 2.05) is 0 Å². The number of carboxylic acid groups (broad SMARTS) is 1. The Labute approximate surface area is 122 Å². The van der Waals surface area contributed by atoms with E-state index in [0.29, 0.717) is 10.8 Å². The minimum atomic E-state index is -1.11. The molecule has 6 heteroatoms. The second kappa shape index (κ2) is 6.61. The summed E-state index contributed by atoms with van der Waals surface area (Å²) < 4.78 is 5.59. The third kappa shape index (κ3) is 4.74. The van der Waals surface area contributed by atoms with E-state index in [4.69, 9.17) is 21.4 Å². The van der Waals surface area contributed by atoms with Gasteiger partial charge >= 0.3 is 5.97 Å². The highest BCUT2D eigenvalue weighted by molar-refractivity contribution is 6.30. The molecule has 1 aromatic carbocycles. The van der Waals surface area contributed by atoms with Crippen molar-refractivity contribution in [3.05, 3.63) is 29.3 Å². The number of halogens is 1. The topological polar surface area (TPSA) is 75.6 Å². The summed E-state index contributed by atoms with van der Waals surface area (Å²) in [7, 11) is 0. The number of aliphatic carboxylic acids is 1. The molecule has 0 unspecified atom stereocenters. The van der Waals surface area contributed by atoms with Gasteiger partial charge in [-0.25, -0.2) is 0 Å². The van der Waals surface area contributed by atoms with Gasteiger partial charge in [0, 0.05) is 11.6 Å². The lowest BCUT2D eigenvalue weighted by molar-refractivity contribution is -0.141. The molecule has 0 saturated heterocycles. The fourth-order valence-corrected chi connectivity index (χ4v) is 1.52. The Kier molecular flexibility index (Phi) is 5.39. The fourth-order valence-electron chi connectivity index (χ4n) is 1.39. The van der Waals surface area contributed by atoms with Gasteiger partial charge in [-0.15, -0.1) is 0 Å². The van der Waals surface area contributed by atoms with Crippen molar-refractivity contribution in [3.63, 3.8) is 0 Å². The molecular weight excluding hydrogens is 282 g/mol. The van der Waals surface area contributed by atoms with Crippen molar-refractivity contribution < 1.29 is 19.4 Å². The van der Waals surface area contributed by atoms with E-state index in [1.54, 1.807) is 38.1 Å². The quantitative estimate of drug-likeness (QED) is 0.845. The minimum absolute atomic E-state index is 0.0571. The van der Waals surface area contributed by atoms with E-state index in [2.05, 4.69) is 5.32 Å². The molecular formula is C14H18ClNO4. The Morgan fingerprint density at radius 2 is 1.90 bits per heavy atom. The van der Waals surface area contributed by atoms with Crippen molar-refractivity contribution in [1.82, 2.24) is 5.32 Å². The third-order valence-electron chi connectivity index (χ3n) is 2.72. The number of carboxylic acids is 1. The highest BCUT2D eigenvalue weighted by atomic mass is 35.5. The predicted molar refractivity (Wildman–Crippen MR) is 76.0 cm³/mol. The molecule has 110 valence electrons. The fraction of sp³-hybridized carbons (Fsp3) is 0.429. The van der Waals surface area contributed by atoms with Crippen LogP contribution in [0.3, 0.4) is 0 Å². The standard InChI is InChI=1S/C14H18ClNO4/c1-9(12(17)18)8-16-13(19)14(2,3)20-11-6-4-10(15)5-7-11/h4-7,9H,8H2,1-3H3,(H,16,19)(H,17,18)/t9-/m0/s1. The number of carbonyl (C=O) groups excluding carboxylic acids is 1. The number of ether oxygens (including phenoxy) is 1. The number of benzene rings is 1. The number of amides is 1. The number of hydrogen-bond acceptors (Lipinski definition) is 3. The normalized spacial score (nSPS) is 12.6. The van der Waals surface area contributed by atoms with Crippen molar-refractivity contribution in [2.24, 2.45) is 5.92 Å². The average Bonchev–Trinajstić information content (AvgIpc) is 2.37. The zero-order valence-electron chi connectivity index (χ0n) is 11.6. The molecule has 0 radical (unpaired) electrons. The van der Waals surface area contributed by atoms with Gasteiger partial charge in [-0.3, -0.25) is 9.59 Å². The zero-order valence-corrected chi connectivity index (χ0v) is 12.4. The van der Waals surface area contributed by atoms with Crippen LogP contribution >= 0.6 is 11.6 Å². The zero-order chi connectivity index (χ0) is 15.3. The summed E-state index contributed by atoms with van der Waals surface area (Å²) in [5, 5.41) is 11.9. The molecule has 5 nitrogen and oxygen atoms in total. The third-order valence-corrected chi connectivity index (χ3v) is 2.98. The maximum absolute atomic E-state index is 12.0. The highest BCUT2D eigenvalue weighted by Gasteiger charge is 2.30. The van der Waals surface area contributed by atoms with E-state index in [0.717, 1.165) is 0 Å². The first kappa shape index (κ1) is 16.3. The summed E-state index contributed by atoms with van der Waals surface area (Å²) in [5.41, 5.74) is -1.11. The number of rotatable bonds is 6. The molecule has 0 spiro atoms. The van der Waals surface area contributed by atoms with Gasteiger partial charge < -0.3 is 15.2 Å². The van der Waals surface area contributed by atoms with Gasteiger partial charge in [0.1, 0.15) is 5.75 Å². The summed E-state index contributed by atoms with van der Waals surface area (Å²) in [6.07, 6.45) is 0. The minimum Gasteiger partial charge on any atom is -0.481 e. The van der Waals surface area contributed by atoms with Crippen molar-refractivity contribution in [3.8, 4) is 5.75 Å². The lowest BCUT2D eigenvalue weighted by atomic mass is 10.1. The smallest absolute Gasteiger partial charge is 0.308 e. The first-order valence-corrected chi connectivity index (χ1v) is 6.56. The van der Waals surface area contributed by atoms with E-state index >= 15 is 0 Å². The van der Waals surface area contributed by atoms with Crippen molar-refractivity contribution in [2.75, 3.05) is 6.54 Å². The number of hydrogen-bond donors (Lipinski definition) is 2. The summed E-state index contributed by atoms with van der Waals surface area (Å²) >= 11 is 5.77. The first-order valence-electron chi connectivity index (χ1n) is 6.18. The maximum atomic E-state index is 12.0. The van der Waals surface area contributed by atoms with Crippen LogP contribution in [0, 0.1) is 5.92 Å². The Bertz CT molecular complexity index is 484. The van der Waals surface area contributed by atoms with Crippen LogP contribution in [0.2, 0.25) is 5.02 Å². The summed E-state index contributed by atoms with van der Waals surface area (Å²) in [6, 6.07) is 6.66. The highest BCUT2D eigenvalue weighted by Crippen LogP contribution is 2.21. The maximum Gasteiger partial charge on any atom is 0.308 e. The van der Waals surface area contributed by atoms with Gasteiger partial charge in [-0.2, -0.15) is 0 Å². The Morgan fingerprint density at radius 1 is 1.35 bits per heavy atom. The van der Waals surface area contributed by atoms with E-state index in [-0.39, 0.29) is 12.5 Å². The molecule has 0 heterocycles. The summed E-state index contributed by atoms with van der Waals surface area (Å²) in [6.45, 7) is 4.81. The summed E-state index contributed by atoms with van der Waals surface area (Å²) in [4.78, 5) is 22.7. The predicted octanol–water partition coefficient (Wildman–Crippen LogP) is 2.33. The first-order chi connectivity index (χ1) is 9.22. The molecule has 20 heavy (non-hydrogen) atoms. The number of nitrogens with one attached hydrogen (secondary N) is 1. The molecule has 0 aliphatic carbocycles. The molecule has 2 N–H and O–H groups in total. The lowest BCUT2D eigenvalue weighted by Gasteiger charge is -2.25. The SMILES string of the molecule is C[C@@H](CNC(=O)C(C)(C)Oc1ccc(Cl)cc1)C(=O)O. The Morgan fingerprint density at radius 3 is 2.40 bits per heavy atom. The van der Waals surface area contributed by atoms with Crippen LogP contribution in [0.1, 0.15) is 20.8 Å². The second-order valence-electron chi connectivity index (χ2n) is 5.02. The van der Waals surface area contributed by atoms with Crippen LogP contribution in [-0.4, -0.2) is 29.1 Å². The van der Waals surface area contributed by atoms with Crippen LogP contribution in [0.5, 0.6) is 5.75 Å². The van der Waals surface area contributed by atoms with Crippen molar-refractivity contribution in [1.29, 1.82) is 0 Å². The van der Waals surface area contributed by atoms with Gasteiger partial charge in [0.25, 0.3) is 5.91 Å². The molecule has 0 aliphatic heterocycles. The largest absolute Gasteiger partial charge is 0.481 e. The van der Waals surface area contributed by atoms with Gasteiger partial charge in [0.15, 0.2) is 5.60 Å². The van der Waals surface area contributed by atoms with Gasteiger partial charge in [0.05, 0.1) is 5.92 Å².